The molecule has 2 saturated carbocycles. The molecule has 4 rings (SSSR count). The summed E-state index contributed by atoms with van der Waals surface area (Å²) >= 11 is 0. The lowest BCUT2D eigenvalue weighted by Crippen LogP contribution is -2.13. The Hall–Kier alpha value is -0.790. The van der Waals surface area contributed by atoms with Gasteiger partial charge in [0.1, 0.15) is 5.82 Å². The predicted molar refractivity (Wildman–Crippen MR) is 67.9 cm³/mol. The van der Waals surface area contributed by atoms with E-state index >= 15 is 0 Å². The van der Waals surface area contributed by atoms with Gasteiger partial charge in [0.25, 0.3) is 0 Å². The molecule has 3 aliphatic carbocycles. The van der Waals surface area contributed by atoms with Crippen molar-refractivity contribution >= 4 is 0 Å². The molecule has 17 heavy (non-hydrogen) atoms. The normalized spacial score (nSPS) is 35.2. The summed E-state index contributed by atoms with van der Waals surface area (Å²) < 4.78 is 0. The summed E-state index contributed by atoms with van der Waals surface area (Å²) in [5.74, 6) is 4.34. The van der Waals surface area contributed by atoms with E-state index in [2.05, 4.69) is 4.98 Å². The lowest BCUT2D eigenvalue weighted by atomic mass is 9.86. The van der Waals surface area contributed by atoms with E-state index in [0.29, 0.717) is 0 Å². The number of rotatable bonds is 2. The van der Waals surface area contributed by atoms with Crippen LogP contribution in [0.3, 0.4) is 0 Å². The van der Waals surface area contributed by atoms with Crippen LogP contribution in [0.5, 0.6) is 0 Å². The minimum atomic E-state index is 0.946. The third-order valence-corrected chi connectivity index (χ3v) is 5.34. The van der Waals surface area contributed by atoms with Crippen LogP contribution in [-0.4, -0.2) is 9.97 Å². The molecule has 1 aromatic heterocycles. The summed E-state index contributed by atoms with van der Waals surface area (Å²) in [5, 5.41) is 0. The van der Waals surface area contributed by atoms with E-state index < -0.39 is 0 Å². The molecule has 0 saturated heterocycles. The van der Waals surface area contributed by atoms with Gasteiger partial charge in [-0.15, -0.1) is 0 Å². The third kappa shape index (κ3) is 1.73. The molecule has 0 aromatic carbocycles. The molecule has 3 aliphatic rings. The number of H-pyrrole nitrogens is 1. The van der Waals surface area contributed by atoms with Crippen molar-refractivity contribution in [2.75, 3.05) is 0 Å². The molecule has 2 bridgehead atoms. The molecule has 3 atom stereocenters. The van der Waals surface area contributed by atoms with Crippen LogP contribution in [-0.2, 0) is 19.3 Å². The standard InChI is InChI=1S/C15H22N2/c1-2-4-14-13(3-1)16-15(17-14)9-12-8-10-5-6-11(12)7-10/h10-12H,1-9H2,(H,16,17). The van der Waals surface area contributed by atoms with Crippen molar-refractivity contribution < 1.29 is 0 Å². The number of hydrogen-bond donors (Lipinski definition) is 1. The Bertz CT molecular complexity index is 397. The maximum absolute atomic E-state index is 4.84. The molecule has 3 unspecified atom stereocenters. The molecule has 1 aromatic rings. The fraction of sp³-hybridized carbons (Fsp3) is 0.800. The Balaban J connectivity index is 1.50. The van der Waals surface area contributed by atoms with Gasteiger partial charge in [0.2, 0.25) is 0 Å². The lowest BCUT2D eigenvalue weighted by molar-refractivity contribution is 0.327. The van der Waals surface area contributed by atoms with Crippen molar-refractivity contribution in [3.63, 3.8) is 0 Å². The zero-order valence-corrected chi connectivity index (χ0v) is 10.5. The molecule has 0 radical (unpaired) electrons. The summed E-state index contributed by atoms with van der Waals surface area (Å²) in [7, 11) is 0. The van der Waals surface area contributed by atoms with Crippen LogP contribution in [0.15, 0.2) is 0 Å². The Labute approximate surface area is 103 Å². The zero-order valence-electron chi connectivity index (χ0n) is 10.5. The van der Waals surface area contributed by atoms with Gasteiger partial charge in [0.05, 0.1) is 5.69 Å². The van der Waals surface area contributed by atoms with Crippen LogP contribution in [0, 0.1) is 17.8 Å². The topological polar surface area (TPSA) is 28.7 Å². The van der Waals surface area contributed by atoms with Gasteiger partial charge < -0.3 is 4.98 Å². The molecule has 0 aliphatic heterocycles. The minimum absolute atomic E-state index is 0.946. The number of hydrogen-bond acceptors (Lipinski definition) is 1. The van der Waals surface area contributed by atoms with Crippen molar-refractivity contribution in [2.45, 2.75) is 57.8 Å². The quantitative estimate of drug-likeness (QED) is 0.830. The fourth-order valence-electron chi connectivity index (χ4n) is 4.48. The first-order valence-electron chi connectivity index (χ1n) is 7.45. The Morgan fingerprint density at radius 3 is 2.82 bits per heavy atom. The summed E-state index contributed by atoms with van der Waals surface area (Å²) in [4.78, 5) is 8.45. The fourth-order valence-corrected chi connectivity index (χ4v) is 4.48. The van der Waals surface area contributed by atoms with Gasteiger partial charge in [-0.2, -0.15) is 0 Å². The molecular weight excluding hydrogens is 208 g/mol. The van der Waals surface area contributed by atoms with Gasteiger partial charge in [0.15, 0.2) is 0 Å². The highest BCUT2D eigenvalue weighted by molar-refractivity contribution is 5.18. The smallest absolute Gasteiger partial charge is 0.106 e. The highest BCUT2D eigenvalue weighted by Gasteiger charge is 2.39. The van der Waals surface area contributed by atoms with Crippen molar-refractivity contribution in [2.24, 2.45) is 17.8 Å². The number of fused-ring (bicyclic) bond motifs is 3. The van der Waals surface area contributed by atoms with Crippen LogP contribution in [0.25, 0.3) is 0 Å². The largest absolute Gasteiger partial charge is 0.346 e. The van der Waals surface area contributed by atoms with Crippen LogP contribution >= 0.6 is 0 Å². The Kier molecular flexibility index (Phi) is 2.31. The molecule has 2 heteroatoms. The first-order chi connectivity index (χ1) is 8.38. The minimum Gasteiger partial charge on any atom is -0.346 e. The summed E-state index contributed by atoms with van der Waals surface area (Å²) in [6.45, 7) is 0. The molecule has 1 N–H and O–H groups in total. The highest BCUT2D eigenvalue weighted by Crippen LogP contribution is 2.49. The first-order valence-corrected chi connectivity index (χ1v) is 7.45. The Morgan fingerprint density at radius 2 is 2.06 bits per heavy atom. The summed E-state index contributed by atoms with van der Waals surface area (Å²) in [6.07, 6.45) is 12.4. The number of aromatic nitrogens is 2. The van der Waals surface area contributed by atoms with Crippen molar-refractivity contribution in [1.82, 2.24) is 9.97 Å². The van der Waals surface area contributed by atoms with Gasteiger partial charge in [-0.25, -0.2) is 4.98 Å². The third-order valence-electron chi connectivity index (χ3n) is 5.34. The van der Waals surface area contributed by atoms with E-state index in [1.165, 1.54) is 75.0 Å². The first kappa shape index (κ1) is 10.2. The van der Waals surface area contributed by atoms with E-state index in [0.717, 1.165) is 17.8 Å². The predicted octanol–water partition coefficient (Wildman–Crippen LogP) is 3.27. The number of nitrogens with zero attached hydrogens (tertiary/aromatic N) is 1. The van der Waals surface area contributed by atoms with Gasteiger partial charge in [0, 0.05) is 12.1 Å². The number of imidazole rings is 1. The molecule has 0 amide bonds. The molecule has 2 nitrogen and oxygen atoms in total. The van der Waals surface area contributed by atoms with Crippen LogP contribution in [0.4, 0.5) is 0 Å². The van der Waals surface area contributed by atoms with E-state index in [1.807, 2.05) is 0 Å². The van der Waals surface area contributed by atoms with Crippen LogP contribution in [0.2, 0.25) is 0 Å². The molecule has 0 spiro atoms. The summed E-state index contributed by atoms with van der Waals surface area (Å²) in [5.41, 5.74) is 2.84. The zero-order chi connectivity index (χ0) is 11.2. The van der Waals surface area contributed by atoms with E-state index in [1.54, 1.807) is 0 Å². The number of aryl methyl sites for hydroxylation is 2. The average molecular weight is 230 g/mol. The molecule has 92 valence electrons. The van der Waals surface area contributed by atoms with Crippen molar-refractivity contribution in [3.8, 4) is 0 Å². The summed E-state index contributed by atoms with van der Waals surface area (Å²) in [6, 6.07) is 0. The Morgan fingerprint density at radius 1 is 1.12 bits per heavy atom. The molecule has 2 fully saturated rings. The highest BCUT2D eigenvalue weighted by atomic mass is 14.9. The van der Waals surface area contributed by atoms with Gasteiger partial charge >= 0.3 is 0 Å². The number of nitrogens with one attached hydrogen (secondary N) is 1. The number of aromatic amines is 1. The van der Waals surface area contributed by atoms with Crippen molar-refractivity contribution in [3.05, 3.63) is 17.2 Å². The average Bonchev–Trinajstić information content (AvgIpc) is 3.01. The molecular formula is C15H22N2. The van der Waals surface area contributed by atoms with Crippen molar-refractivity contribution in [1.29, 1.82) is 0 Å². The SMILES string of the molecule is C1CCc2[nH]c(CC3CC4CCC3C4)nc2C1. The van der Waals surface area contributed by atoms with Gasteiger partial charge in [-0.1, -0.05) is 6.42 Å². The monoisotopic (exact) mass is 230 g/mol. The van der Waals surface area contributed by atoms with Crippen LogP contribution < -0.4 is 0 Å². The lowest BCUT2D eigenvalue weighted by Gasteiger charge is -2.20. The van der Waals surface area contributed by atoms with E-state index in [4.69, 9.17) is 4.98 Å². The van der Waals surface area contributed by atoms with Crippen LogP contribution in [0.1, 0.15) is 55.7 Å². The second kappa shape index (κ2) is 3.86. The maximum atomic E-state index is 4.84. The van der Waals surface area contributed by atoms with E-state index in [9.17, 15) is 0 Å². The second-order valence-electron chi connectivity index (χ2n) is 6.45. The molecule has 1 heterocycles. The van der Waals surface area contributed by atoms with Gasteiger partial charge in [-0.3, -0.25) is 0 Å². The van der Waals surface area contributed by atoms with E-state index in [-0.39, 0.29) is 0 Å². The van der Waals surface area contributed by atoms with Gasteiger partial charge in [-0.05, 0) is 62.7 Å². The second-order valence-corrected chi connectivity index (χ2v) is 6.45. The maximum Gasteiger partial charge on any atom is 0.106 e.